The van der Waals surface area contributed by atoms with Gasteiger partial charge in [0, 0.05) is 19.0 Å². The maximum Gasteiger partial charge on any atom is 0.226 e. The highest BCUT2D eigenvalue weighted by molar-refractivity contribution is 5.88. The molecule has 3 heteroatoms. The van der Waals surface area contributed by atoms with Crippen LogP contribution in [0.2, 0.25) is 0 Å². The number of nitrogens with zero attached hydrogens (tertiary/aromatic N) is 1. The van der Waals surface area contributed by atoms with E-state index in [1.807, 2.05) is 0 Å². The maximum atomic E-state index is 13.1. The van der Waals surface area contributed by atoms with Crippen LogP contribution in [0.3, 0.4) is 0 Å². The van der Waals surface area contributed by atoms with E-state index in [0.717, 1.165) is 44.9 Å². The van der Waals surface area contributed by atoms with Crippen LogP contribution >= 0.6 is 0 Å². The van der Waals surface area contributed by atoms with E-state index < -0.39 is 0 Å². The number of hydrogen-bond donors (Lipinski definition) is 1. The Hall–Kier alpha value is -1.87. The molecule has 2 heterocycles. The lowest BCUT2D eigenvalue weighted by molar-refractivity contribution is -0.134. The summed E-state index contributed by atoms with van der Waals surface area (Å²) >= 11 is 0. The third-order valence-corrected chi connectivity index (χ3v) is 6.60. The highest BCUT2D eigenvalue weighted by atomic mass is 16.2. The Bertz CT molecular complexity index is 809. The van der Waals surface area contributed by atoms with Crippen LogP contribution in [0.4, 0.5) is 0 Å². The van der Waals surface area contributed by atoms with Gasteiger partial charge in [-0.1, -0.05) is 36.4 Å². The molecule has 2 aliphatic heterocycles. The summed E-state index contributed by atoms with van der Waals surface area (Å²) in [4.78, 5) is 15.2. The van der Waals surface area contributed by atoms with E-state index in [-0.39, 0.29) is 0 Å². The first-order valence-corrected chi connectivity index (χ1v) is 9.80. The Labute approximate surface area is 149 Å². The van der Waals surface area contributed by atoms with Gasteiger partial charge in [0.05, 0.1) is 0 Å². The molecule has 3 aliphatic rings. The van der Waals surface area contributed by atoms with Crippen LogP contribution in [0.15, 0.2) is 36.4 Å². The van der Waals surface area contributed by atoms with Crippen LogP contribution in [-0.4, -0.2) is 30.4 Å². The summed E-state index contributed by atoms with van der Waals surface area (Å²) in [6, 6.07) is 13.1. The minimum absolute atomic E-state index is 0.305. The van der Waals surface area contributed by atoms with Crippen LogP contribution in [0, 0.1) is 17.8 Å². The molecule has 130 valence electrons. The Morgan fingerprint density at radius 3 is 2.80 bits per heavy atom. The number of carbonyl (C=O) groups is 1. The quantitative estimate of drug-likeness (QED) is 0.913. The topological polar surface area (TPSA) is 32.3 Å². The summed E-state index contributed by atoms with van der Waals surface area (Å²) in [5.74, 6) is 2.15. The Balaban J connectivity index is 1.34. The van der Waals surface area contributed by atoms with Gasteiger partial charge in [0.1, 0.15) is 0 Å². The zero-order chi connectivity index (χ0) is 16.8. The Morgan fingerprint density at radius 2 is 1.92 bits per heavy atom. The summed E-state index contributed by atoms with van der Waals surface area (Å²) in [6.45, 7) is 3.95. The summed E-state index contributed by atoms with van der Waals surface area (Å²) in [7, 11) is 0. The van der Waals surface area contributed by atoms with Crippen molar-refractivity contribution in [3.63, 3.8) is 0 Å². The number of carbonyl (C=O) groups excluding carboxylic acids is 1. The van der Waals surface area contributed by atoms with E-state index in [1.165, 1.54) is 34.7 Å². The molecular weight excluding hydrogens is 308 g/mol. The summed E-state index contributed by atoms with van der Waals surface area (Å²) < 4.78 is 0. The molecule has 0 spiro atoms. The van der Waals surface area contributed by atoms with Crippen molar-refractivity contribution in [3.8, 4) is 0 Å². The van der Waals surface area contributed by atoms with E-state index in [0.29, 0.717) is 17.7 Å². The monoisotopic (exact) mass is 334 g/mol. The highest BCUT2D eigenvalue weighted by Gasteiger charge is 2.49. The van der Waals surface area contributed by atoms with E-state index in [9.17, 15) is 4.79 Å². The molecule has 3 nitrogen and oxygen atoms in total. The van der Waals surface area contributed by atoms with Gasteiger partial charge in [-0.3, -0.25) is 4.79 Å². The molecule has 1 saturated heterocycles. The molecule has 1 aliphatic carbocycles. The SMILES string of the molecule is O=C([C@@H]1C[C@H]1C1CCNCC1)N1CCc2ccc3ccccc3c2C1. The van der Waals surface area contributed by atoms with Gasteiger partial charge in [0.25, 0.3) is 0 Å². The molecule has 2 aromatic carbocycles. The van der Waals surface area contributed by atoms with Crippen LogP contribution in [0.1, 0.15) is 30.4 Å². The van der Waals surface area contributed by atoms with E-state index >= 15 is 0 Å². The van der Waals surface area contributed by atoms with Crippen LogP contribution in [0.25, 0.3) is 10.8 Å². The molecule has 0 radical (unpaired) electrons. The van der Waals surface area contributed by atoms with E-state index in [4.69, 9.17) is 0 Å². The van der Waals surface area contributed by atoms with E-state index in [1.54, 1.807) is 0 Å². The van der Waals surface area contributed by atoms with Crippen molar-refractivity contribution < 1.29 is 4.79 Å². The molecule has 0 aromatic heterocycles. The summed E-state index contributed by atoms with van der Waals surface area (Å²) in [5, 5.41) is 6.05. The van der Waals surface area contributed by atoms with Gasteiger partial charge in [-0.25, -0.2) is 0 Å². The molecule has 5 rings (SSSR count). The Kier molecular flexibility index (Phi) is 3.78. The van der Waals surface area contributed by atoms with Gasteiger partial charge >= 0.3 is 0 Å². The molecule has 0 bridgehead atoms. The molecule has 2 fully saturated rings. The largest absolute Gasteiger partial charge is 0.338 e. The fourth-order valence-electron chi connectivity index (χ4n) is 5.04. The molecular formula is C22H26N2O. The van der Waals surface area contributed by atoms with Crippen molar-refractivity contribution in [2.24, 2.45) is 17.8 Å². The predicted molar refractivity (Wildman–Crippen MR) is 100 cm³/mol. The highest BCUT2D eigenvalue weighted by Crippen LogP contribution is 2.48. The van der Waals surface area contributed by atoms with Crippen molar-refractivity contribution in [1.82, 2.24) is 10.2 Å². The fraction of sp³-hybridized carbons (Fsp3) is 0.500. The van der Waals surface area contributed by atoms with Gasteiger partial charge in [0.15, 0.2) is 0 Å². The van der Waals surface area contributed by atoms with Gasteiger partial charge in [-0.05, 0) is 72.5 Å². The molecule has 1 saturated carbocycles. The number of benzene rings is 2. The van der Waals surface area contributed by atoms with Crippen molar-refractivity contribution >= 4 is 16.7 Å². The third-order valence-electron chi connectivity index (χ3n) is 6.60. The number of hydrogen-bond acceptors (Lipinski definition) is 2. The standard InChI is InChI=1S/C22H26N2O/c25-22(20-13-19(20)17-7-10-23-11-8-17)24-12-9-16-6-5-15-3-1-2-4-18(15)21(16)14-24/h1-6,17,19-20,23H,7-14H2/t19-,20+/m0/s1. The van der Waals surface area contributed by atoms with Crippen molar-refractivity contribution in [1.29, 1.82) is 0 Å². The molecule has 2 aromatic rings. The lowest BCUT2D eigenvalue weighted by Crippen LogP contribution is -2.38. The first-order valence-electron chi connectivity index (χ1n) is 9.80. The second-order valence-corrected chi connectivity index (χ2v) is 8.03. The molecule has 25 heavy (non-hydrogen) atoms. The number of rotatable bonds is 2. The van der Waals surface area contributed by atoms with Crippen LogP contribution < -0.4 is 5.32 Å². The minimum atomic E-state index is 0.305. The molecule has 1 amide bonds. The fourth-order valence-corrected chi connectivity index (χ4v) is 5.04. The maximum absolute atomic E-state index is 13.1. The number of piperidine rings is 1. The zero-order valence-corrected chi connectivity index (χ0v) is 14.7. The molecule has 2 atom stereocenters. The third kappa shape index (κ3) is 2.75. The molecule has 0 unspecified atom stereocenters. The van der Waals surface area contributed by atoms with Crippen molar-refractivity contribution in [2.75, 3.05) is 19.6 Å². The van der Waals surface area contributed by atoms with Crippen LogP contribution in [0.5, 0.6) is 0 Å². The average Bonchev–Trinajstić information content (AvgIpc) is 3.48. The minimum Gasteiger partial charge on any atom is -0.338 e. The van der Waals surface area contributed by atoms with Gasteiger partial charge in [-0.15, -0.1) is 0 Å². The van der Waals surface area contributed by atoms with Gasteiger partial charge in [-0.2, -0.15) is 0 Å². The van der Waals surface area contributed by atoms with Gasteiger partial charge in [0.2, 0.25) is 5.91 Å². The summed E-state index contributed by atoms with van der Waals surface area (Å²) in [6.07, 6.45) is 4.63. The first-order chi connectivity index (χ1) is 12.3. The predicted octanol–water partition coefficient (Wildman–Crippen LogP) is 3.36. The lowest BCUT2D eigenvalue weighted by Gasteiger charge is -2.30. The zero-order valence-electron chi connectivity index (χ0n) is 14.7. The smallest absolute Gasteiger partial charge is 0.226 e. The van der Waals surface area contributed by atoms with Crippen molar-refractivity contribution in [3.05, 3.63) is 47.5 Å². The van der Waals surface area contributed by atoms with Crippen LogP contribution in [-0.2, 0) is 17.8 Å². The lowest BCUT2D eigenvalue weighted by atomic mass is 9.91. The average molecular weight is 334 g/mol. The summed E-state index contributed by atoms with van der Waals surface area (Å²) in [5.41, 5.74) is 2.80. The second-order valence-electron chi connectivity index (χ2n) is 8.03. The number of fused-ring (bicyclic) bond motifs is 3. The van der Waals surface area contributed by atoms with E-state index in [2.05, 4.69) is 46.6 Å². The van der Waals surface area contributed by atoms with Crippen molar-refractivity contribution in [2.45, 2.75) is 32.2 Å². The number of nitrogens with one attached hydrogen (secondary N) is 1. The number of amides is 1. The van der Waals surface area contributed by atoms with Gasteiger partial charge < -0.3 is 10.2 Å². The second kappa shape index (κ2) is 6.14. The normalized spacial score (nSPS) is 26.5. The Morgan fingerprint density at radius 1 is 1.08 bits per heavy atom. The first kappa shape index (κ1) is 15.4. The molecule has 1 N–H and O–H groups in total.